The van der Waals surface area contributed by atoms with E-state index in [2.05, 4.69) is 0 Å². The van der Waals surface area contributed by atoms with Crippen LogP contribution in [0.2, 0.25) is 5.02 Å². The normalized spacial score (nSPS) is 17.4. The molecule has 1 aromatic carbocycles. The number of rotatable bonds is 5. The summed E-state index contributed by atoms with van der Waals surface area (Å²) in [7, 11) is -3.67. The Hall–Kier alpha value is -1.35. The number of primary amides is 1. The number of carbonyl (C=O) groups excluding carboxylic acids is 1. The van der Waals surface area contributed by atoms with E-state index in [1.54, 1.807) is 0 Å². The highest BCUT2D eigenvalue weighted by molar-refractivity contribution is 7.89. The first-order valence-electron chi connectivity index (χ1n) is 6.69. The van der Waals surface area contributed by atoms with Gasteiger partial charge < -0.3 is 15.6 Å². The number of ether oxygens (including phenoxy) is 1. The molecule has 122 valence electrons. The van der Waals surface area contributed by atoms with Gasteiger partial charge in [-0.1, -0.05) is 11.6 Å². The number of nitrogens with two attached hydrogens (primary N) is 1. The lowest BCUT2D eigenvalue weighted by atomic mass is 10.1. The van der Waals surface area contributed by atoms with E-state index in [-0.39, 0.29) is 35.4 Å². The van der Waals surface area contributed by atoms with Crippen LogP contribution < -0.4 is 10.5 Å². The van der Waals surface area contributed by atoms with Crippen molar-refractivity contribution >= 4 is 27.5 Å². The molecule has 1 aromatic rings. The number of nitrogens with zero attached hydrogens (tertiary/aromatic N) is 1. The molecular weight excluding hydrogens is 332 g/mol. The minimum Gasteiger partial charge on any atom is -0.482 e. The largest absolute Gasteiger partial charge is 0.482 e. The van der Waals surface area contributed by atoms with Crippen LogP contribution in [0.1, 0.15) is 12.8 Å². The molecule has 7 nitrogen and oxygen atoms in total. The van der Waals surface area contributed by atoms with Crippen molar-refractivity contribution in [1.82, 2.24) is 4.31 Å². The molecule has 0 spiro atoms. The van der Waals surface area contributed by atoms with Gasteiger partial charge in [0.15, 0.2) is 6.61 Å². The summed E-state index contributed by atoms with van der Waals surface area (Å²) in [6.07, 6.45) is 0.360. The van der Waals surface area contributed by atoms with Gasteiger partial charge in [0, 0.05) is 13.1 Å². The van der Waals surface area contributed by atoms with Crippen LogP contribution in [0.5, 0.6) is 5.75 Å². The van der Waals surface area contributed by atoms with Crippen LogP contribution in [-0.4, -0.2) is 49.5 Å². The van der Waals surface area contributed by atoms with Gasteiger partial charge in [-0.25, -0.2) is 8.42 Å². The lowest BCUT2D eigenvalue weighted by molar-refractivity contribution is -0.119. The molecule has 9 heteroatoms. The van der Waals surface area contributed by atoms with Crippen molar-refractivity contribution in [2.75, 3.05) is 19.7 Å². The van der Waals surface area contributed by atoms with Crippen molar-refractivity contribution in [1.29, 1.82) is 0 Å². The molecule has 2 rings (SSSR count). The molecule has 0 radical (unpaired) electrons. The third-order valence-electron chi connectivity index (χ3n) is 3.33. The predicted molar refractivity (Wildman–Crippen MR) is 80.1 cm³/mol. The summed E-state index contributed by atoms with van der Waals surface area (Å²) in [5.74, 6) is -0.465. The minimum absolute atomic E-state index is 0.0420. The number of hydrogen-bond donors (Lipinski definition) is 2. The fourth-order valence-corrected chi connectivity index (χ4v) is 3.94. The zero-order chi connectivity index (χ0) is 16.3. The van der Waals surface area contributed by atoms with Crippen LogP contribution in [0.4, 0.5) is 0 Å². The summed E-state index contributed by atoms with van der Waals surface area (Å²) >= 11 is 5.98. The molecule has 0 atom stereocenters. The van der Waals surface area contributed by atoms with Crippen molar-refractivity contribution in [3.8, 4) is 5.75 Å². The second-order valence-electron chi connectivity index (χ2n) is 4.98. The van der Waals surface area contributed by atoms with E-state index in [0.29, 0.717) is 12.8 Å². The Balaban J connectivity index is 2.18. The van der Waals surface area contributed by atoms with Crippen LogP contribution in [0.25, 0.3) is 0 Å². The molecule has 1 aliphatic rings. The smallest absolute Gasteiger partial charge is 0.255 e. The highest BCUT2D eigenvalue weighted by Crippen LogP contribution is 2.29. The number of sulfonamides is 1. The van der Waals surface area contributed by atoms with Crippen molar-refractivity contribution < 1.29 is 23.1 Å². The predicted octanol–water partition coefficient (Wildman–Crippen LogP) is 0.350. The molecular formula is C13H17ClN2O5S. The Morgan fingerprint density at radius 1 is 1.41 bits per heavy atom. The topological polar surface area (TPSA) is 110 Å². The molecule has 1 fully saturated rings. The monoisotopic (exact) mass is 348 g/mol. The van der Waals surface area contributed by atoms with Crippen LogP contribution in [0.15, 0.2) is 23.1 Å². The average molecular weight is 349 g/mol. The second-order valence-corrected chi connectivity index (χ2v) is 7.33. The number of benzene rings is 1. The Kier molecular flexibility index (Phi) is 5.28. The van der Waals surface area contributed by atoms with E-state index < -0.39 is 22.0 Å². The summed E-state index contributed by atoms with van der Waals surface area (Å²) in [4.78, 5) is 10.7. The van der Waals surface area contributed by atoms with Crippen molar-refractivity contribution in [2.45, 2.75) is 23.8 Å². The third-order valence-corrected chi connectivity index (χ3v) is 5.52. The Bertz CT molecular complexity index is 656. The summed E-state index contributed by atoms with van der Waals surface area (Å²) in [5, 5.41) is 9.53. The van der Waals surface area contributed by atoms with E-state index in [9.17, 15) is 18.3 Å². The Morgan fingerprint density at radius 3 is 2.59 bits per heavy atom. The van der Waals surface area contributed by atoms with Crippen molar-refractivity contribution in [3.05, 3.63) is 23.2 Å². The fraction of sp³-hybridized carbons (Fsp3) is 0.462. The van der Waals surface area contributed by atoms with E-state index in [0.717, 1.165) is 0 Å². The first kappa shape index (κ1) is 17.0. The first-order chi connectivity index (χ1) is 10.3. The fourth-order valence-electron chi connectivity index (χ4n) is 2.14. The molecule has 0 unspecified atom stereocenters. The van der Waals surface area contributed by atoms with Crippen LogP contribution in [0, 0.1) is 0 Å². The SMILES string of the molecule is NC(=O)COc1ccc(S(=O)(=O)N2CCC(O)CC2)cc1Cl. The van der Waals surface area contributed by atoms with E-state index in [1.165, 1.54) is 22.5 Å². The standard InChI is InChI=1S/C13H17ClN2O5S/c14-11-7-10(1-2-12(11)21-8-13(15)18)22(19,20)16-5-3-9(17)4-6-16/h1-2,7,9,17H,3-6,8H2,(H2,15,18). The van der Waals surface area contributed by atoms with Crippen molar-refractivity contribution in [2.24, 2.45) is 5.73 Å². The number of halogens is 1. The third kappa shape index (κ3) is 3.89. The number of amides is 1. The zero-order valence-corrected chi connectivity index (χ0v) is 13.3. The molecule has 1 saturated heterocycles. The van der Waals surface area contributed by atoms with Gasteiger partial charge in [-0.2, -0.15) is 4.31 Å². The molecule has 1 heterocycles. The second kappa shape index (κ2) is 6.82. The highest BCUT2D eigenvalue weighted by atomic mass is 35.5. The number of aliphatic hydroxyl groups is 1. The maximum absolute atomic E-state index is 12.5. The van der Waals surface area contributed by atoms with E-state index in [1.807, 2.05) is 0 Å². The molecule has 0 aromatic heterocycles. The summed E-state index contributed by atoms with van der Waals surface area (Å²) in [5.41, 5.74) is 4.97. The van der Waals surface area contributed by atoms with Crippen molar-refractivity contribution in [3.63, 3.8) is 0 Å². The van der Waals surface area contributed by atoms with Crippen LogP contribution >= 0.6 is 11.6 Å². The van der Waals surface area contributed by atoms with Gasteiger partial charge in [-0.15, -0.1) is 0 Å². The molecule has 0 aliphatic carbocycles. The van der Waals surface area contributed by atoms with Gasteiger partial charge in [0.25, 0.3) is 5.91 Å². The lowest BCUT2D eigenvalue weighted by Gasteiger charge is -2.28. The van der Waals surface area contributed by atoms with E-state index >= 15 is 0 Å². The summed E-state index contributed by atoms with van der Waals surface area (Å²) in [6, 6.07) is 4.03. The maximum Gasteiger partial charge on any atom is 0.255 e. The van der Waals surface area contributed by atoms with Gasteiger partial charge in [0.2, 0.25) is 10.0 Å². The van der Waals surface area contributed by atoms with Gasteiger partial charge in [-0.05, 0) is 31.0 Å². The van der Waals surface area contributed by atoms with Gasteiger partial charge in [-0.3, -0.25) is 4.79 Å². The minimum atomic E-state index is -3.67. The Morgan fingerprint density at radius 2 is 2.05 bits per heavy atom. The number of aliphatic hydroxyl groups excluding tert-OH is 1. The average Bonchev–Trinajstić information content (AvgIpc) is 2.46. The summed E-state index contributed by atoms with van der Waals surface area (Å²) in [6.45, 7) is 0.192. The van der Waals surface area contributed by atoms with Crippen LogP contribution in [0.3, 0.4) is 0 Å². The lowest BCUT2D eigenvalue weighted by Crippen LogP contribution is -2.39. The van der Waals surface area contributed by atoms with E-state index in [4.69, 9.17) is 22.1 Å². The molecule has 22 heavy (non-hydrogen) atoms. The zero-order valence-electron chi connectivity index (χ0n) is 11.7. The van der Waals surface area contributed by atoms with Gasteiger partial charge in [0.05, 0.1) is 16.0 Å². The van der Waals surface area contributed by atoms with Crippen LogP contribution in [-0.2, 0) is 14.8 Å². The first-order valence-corrected chi connectivity index (χ1v) is 8.51. The maximum atomic E-state index is 12.5. The highest BCUT2D eigenvalue weighted by Gasteiger charge is 2.29. The quantitative estimate of drug-likeness (QED) is 0.797. The van der Waals surface area contributed by atoms with Gasteiger partial charge >= 0.3 is 0 Å². The number of piperidine rings is 1. The number of carbonyl (C=O) groups is 1. The van der Waals surface area contributed by atoms with Gasteiger partial charge in [0.1, 0.15) is 5.75 Å². The molecule has 1 aliphatic heterocycles. The molecule has 0 saturated carbocycles. The number of hydrogen-bond acceptors (Lipinski definition) is 5. The molecule has 0 bridgehead atoms. The summed E-state index contributed by atoms with van der Waals surface area (Å²) < 4.78 is 31.4. The molecule has 1 amide bonds. The Labute approximate surface area is 133 Å². The molecule has 3 N–H and O–H groups in total.